The lowest BCUT2D eigenvalue weighted by atomic mass is 10.2. The molecule has 0 aromatic heterocycles. The largest absolute Gasteiger partial charge is 0.355 e. The molecule has 1 rings (SSSR count). The number of nitrogens with zero attached hydrogens (tertiary/aromatic N) is 1. The minimum Gasteiger partial charge on any atom is -0.355 e. The van der Waals surface area contributed by atoms with Gasteiger partial charge in [0.25, 0.3) is 0 Å². The number of carbonyl (C=O) groups excluding carboxylic acids is 1. The van der Waals surface area contributed by atoms with Crippen LogP contribution in [0.1, 0.15) is 52.4 Å². The molecule has 1 atom stereocenters. The van der Waals surface area contributed by atoms with Crippen molar-refractivity contribution in [3.05, 3.63) is 0 Å². The maximum absolute atomic E-state index is 11.8. The average molecular weight is 269 g/mol. The van der Waals surface area contributed by atoms with Crippen molar-refractivity contribution in [3.8, 4) is 0 Å². The van der Waals surface area contributed by atoms with Gasteiger partial charge in [-0.15, -0.1) is 0 Å². The molecule has 19 heavy (non-hydrogen) atoms. The molecule has 1 fully saturated rings. The summed E-state index contributed by atoms with van der Waals surface area (Å²) in [7, 11) is 2.20. The molecule has 4 heteroatoms. The number of unbranched alkanes of at least 4 members (excludes halogenated alkanes) is 1. The minimum absolute atomic E-state index is 0.0890. The zero-order valence-electron chi connectivity index (χ0n) is 12.9. The van der Waals surface area contributed by atoms with Crippen molar-refractivity contribution in [2.75, 3.05) is 26.7 Å². The first-order chi connectivity index (χ1) is 9.15. The van der Waals surface area contributed by atoms with Crippen LogP contribution in [0.15, 0.2) is 0 Å². The van der Waals surface area contributed by atoms with Gasteiger partial charge in [-0.25, -0.2) is 0 Å². The highest BCUT2D eigenvalue weighted by atomic mass is 16.2. The summed E-state index contributed by atoms with van der Waals surface area (Å²) in [5.41, 5.74) is 0. The Labute approximate surface area is 118 Å². The normalized spacial score (nSPS) is 17.9. The Kier molecular flexibility index (Phi) is 8.07. The molecule has 0 aliphatic heterocycles. The minimum atomic E-state index is -0.0890. The van der Waals surface area contributed by atoms with E-state index in [0.717, 1.165) is 38.5 Å². The molecule has 0 aromatic rings. The first-order valence-corrected chi connectivity index (χ1v) is 7.86. The summed E-state index contributed by atoms with van der Waals surface area (Å²) in [6, 6.07) is 0.671. The van der Waals surface area contributed by atoms with Gasteiger partial charge >= 0.3 is 0 Å². The molecule has 1 aliphatic rings. The lowest BCUT2D eigenvalue weighted by Crippen LogP contribution is -2.45. The Morgan fingerprint density at radius 2 is 2.00 bits per heavy atom. The molecule has 4 nitrogen and oxygen atoms in total. The third-order valence-corrected chi connectivity index (χ3v) is 4.09. The number of nitrogens with one attached hydrogen (secondary N) is 2. The third kappa shape index (κ3) is 6.39. The van der Waals surface area contributed by atoms with E-state index < -0.39 is 0 Å². The lowest BCUT2D eigenvalue weighted by molar-refractivity contribution is -0.122. The van der Waals surface area contributed by atoms with Gasteiger partial charge < -0.3 is 15.5 Å². The second kappa shape index (κ2) is 9.32. The summed E-state index contributed by atoms with van der Waals surface area (Å²) in [5, 5.41) is 6.27. The smallest absolute Gasteiger partial charge is 0.236 e. The van der Waals surface area contributed by atoms with E-state index in [-0.39, 0.29) is 11.9 Å². The zero-order chi connectivity index (χ0) is 14.1. The van der Waals surface area contributed by atoms with Crippen molar-refractivity contribution in [1.29, 1.82) is 0 Å². The van der Waals surface area contributed by atoms with E-state index in [0.29, 0.717) is 0 Å². The van der Waals surface area contributed by atoms with E-state index >= 15 is 0 Å². The van der Waals surface area contributed by atoms with Crippen LogP contribution in [0.25, 0.3) is 0 Å². The van der Waals surface area contributed by atoms with Gasteiger partial charge in [0.2, 0.25) is 5.91 Å². The van der Waals surface area contributed by atoms with Crippen molar-refractivity contribution in [3.63, 3.8) is 0 Å². The van der Waals surface area contributed by atoms with Crippen LogP contribution in [0.2, 0.25) is 0 Å². The molecule has 0 aromatic carbocycles. The summed E-state index contributed by atoms with van der Waals surface area (Å²) < 4.78 is 0. The summed E-state index contributed by atoms with van der Waals surface area (Å²) in [5.74, 6) is 0.122. The van der Waals surface area contributed by atoms with Crippen molar-refractivity contribution in [2.45, 2.75) is 64.5 Å². The first-order valence-electron chi connectivity index (χ1n) is 7.86. The predicted octanol–water partition coefficient (Wildman–Crippen LogP) is 1.76. The quantitative estimate of drug-likeness (QED) is 0.627. The van der Waals surface area contributed by atoms with Crippen LogP contribution >= 0.6 is 0 Å². The SMILES string of the molecule is CCCCNC(=O)C(C)NCCN(C)C1CCCC1. The van der Waals surface area contributed by atoms with Gasteiger partial charge in [0.05, 0.1) is 6.04 Å². The maximum Gasteiger partial charge on any atom is 0.236 e. The van der Waals surface area contributed by atoms with Gasteiger partial charge in [-0.1, -0.05) is 26.2 Å². The van der Waals surface area contributed by atoms with Crippen LogP contribution in [-0.2, 0) is 4.79 Å². The Morgan fingerprint density at radius 1 is 1.32 bits per heavy atom. The Morgan fingerprint density at radius 3 is 2.63 bits per heavy atom. The number of hydrogen-bond donors (Lipinski definition) is 2. The number of amides is 1. The van der Waals surface area contributed by atoms with Gasteiger partial charge in [0.1, 0.15) is 0 Å². The standard InChI is InChI=1S/C15H31N3O/c1-4-5-10-17-15(19)13(2)16-11-12-18(3)14-8-6-7-9-14/h13-14,16H,4-12H2,1-3H3,(H,17,19). The van der Waals surface area contributed by atoms with E-state index in [1.165, 1.54) is 25.7 Å². The fraction of sp³-hybridized carbons (Fsp3) is 0.933. The monoisotopic (exact) mass is 269 g/mol. The predicted molar refractivity (Wildman–Crippen MR) is 80.3 cm³/mol. The van der Waals surface area contributed by atoms with Gasteiger partial charge in [-0.3, -0.25) is 4.79 Å². The molecule has 1 aliphatic carbocycles. The molecule has 2 N–H and O–H groups in total. The van der Waals surface area contributed by atoms with E-state index in [2.05, 4.69) is 29.5 Å². The molecule has 112 valence electrons. The van der Waals surface area contributed by atoms with Crippen molar-refractivity contribution < 1.29 is 4.79 Å². The summed E-state index contributed by atoms with van der Waals surface area (Å²) in [6.07, 6.45) is 7.60. The highest BCUT2D eigenvalue weighted by Crippen LogP contribution is 2.21. The number of rotatable bonds is 9. The molecule has 0 heterocycles. The van der Waals surface area contributed by atoms with Gasteiger partial charge in [-0.05, 0) is 33.2 Å². The first kappa shape index (κ1) is 16.4. The number of carbonyl (C=O) groups is 1. The van der Waals surface area contributed by atoms with Crippen LogP contribution in [0.4, 0.5) is 0 Å². The van der Waals surface area contributed by atoms with E-state index in [1.807, 2.05) is 6.92 Å². The summed E-state index contributed by atoms with van der Waals surface area (Å²) in [6.45, 7) is 6.78. The highest BCUT2D eigenvalue weighted by molar-refractivity contribution is 5.81. The van der Waals surface area contributed by atoms with Crippen molar-refractivity contribution >= 4 is 5.91 Å². The lowest BCUT2D eigenvalue weighted by Gasteiger charge is -2.24. The second-order valence-electron chi connectivity index (χ2n) is 5.74. The molecular formula is C15H31N3O. The fourth-order valence-corrected chi connectivity index (χ4v) is 2.62. The molecule has 0 bridgehead atoms. The van der Waals surface area contributed by atoms with Crippen LogP contribution in [0, 0.1) is 0 Å². The number of hydrogen-bond acceptors (Lipinski definition) is 3. The summed E-state index contributed by atoms with van der Waals surface area (Å²) in [4.78, 5) is 14.2. The third-order valence-electron chi connectivity index (χ3n) is 4.09. The highest BCUT2D eigenvalue weighted by Gasteiger charge is 2.19. The molecule has 1 saturated carbocycles. The Bertz CT molecular complexity index is 252. The molecular weight excluding hydrogens is 238 g/mol. The molecule has 1 unspecified atom stereocenters. The van der Waals surface area contributed by atoms with Crippen LogP contribution in [0.3, 0.4) is 0 Å². The van der Waals surface area contributed by atoms with Gasteiger partial charge in [0.15, 0.2) is 0 Å². The molecule has 1 amide bonds. The van der Waals surface area contributed by atoms with E-state index in [4.69, 9.17) is 0 Å². The molecule has 0 spiro atoms. The average Bonchev–Trinajstić information content (AvgIpc) is 2.92. The Hall–Kier alpha value is -0.610. The van der Waals surface area contributed by atoms with Crippen LogP contribution < -0.4 is 10.6 Å². The maximum atomic E-state index is 11.8. The van der Waals surface area contributed by atoms with Crippen molar-refractivity contribution in [1.82, 2.24) is 15.5 Å². The van der Waals surface area contributed by atoms with Crippen molar-refractivity contribution in [2.24, 2.45) is 0 Å². The van der Waals surface area contributed by atoms with E-state index in [9.17, 15) is 4.79 Å². The topological polar surface area (TPSA) is 44.4 Å². The van der Waals surface area contributed by atoms with Crippen LogP contribution in [-0.4, -0.2) is 49.6 Å². The fourth-order valence-electron chi connectivity index (χ4n) is 2.62. The van der Waals surface area contributed by atoms with E-state index in [1.54, 1.807) is 0 Å². The van der Waals surface area contributed by atoms with Gasteiger partial charge in [-0.2, -0.15) is 0 Å². The molecule has 0 radical (unpaired) electrons. The summed E-state index contributed by atoms with van der Waals surface area (Å²) >= 11 is 0. The zero-order valence-corrected chi connectivity index (χ0v) is 12.9. The van der Waals surface area contributed by atoms with Crippen LogP contribution in [0.5, 0.6) is 0 Å². The number of likely N-dealkylation sites (N-methyl/N-ethyl adjacent to an activating group) is 1. The van der Waals surface area contributed by atoms with Gasteiger partial charge in [0, 0.05) is 25.7 Å². The molecule has 0 saturated heterocycles. The second-order valence-corrected chi connectivity index (χ2v) is 5.74. The Balaban J connectivity index is 2.08.